The molecule has 0 radical (unpaired) electrons. The Bertz CT molecular complexity index is 3590. The molecule has 6 atom stereocenters. The van der Waals surface area contributed by atoms with Crippen molar-refractivity contribution in [1.29, 1.82) is 0 Å². The molecule has 0 amide bonds. The van der Waals surface area contributed by atoms with Crippen molar-refractivity contribution < 1.29 is 134 Å². The SMILES string of the molecule is C.C.C.C.C=CCc1ccc(OCCOC(CC)CC(C)OCCOCCOCCOCCOC)c(OC)c1.C=CCc1ccc(OCCOC(CC)CC(CC(CC(C)OCCOc2ccc(CCC[Si](C)(C)O[Si](C)(C)O[Si](C)(C)C)cc2OC)OCCOCCOCCOCCOC)OCOc2ccc(CCC[Si](OC)(OC)OC)cc2OC)c(OC)c1.C[SiH](C)O[Si](C)(C)O[Si](C)(C)C. The van der Waals surface area contributed by atoms with E-state index in [4.69, 9.17) is 134 Å². The van der Waals surface area contributed by atoms with Gasteiger partial charge in [-0.3, -0.25) is 0 Å². The predicted molar refractivity (Wildman–Crippen MR) is 577 cm³/mol. The zero-order chi connectivity index (χ0) is 99.5. The lowest BCUT2D eigenvalue weighted by Crippen LogP contribution is -2.51. The van der Waals surface area contributed by atoms with Crippen molar-refractivity contribution in [3.8, 4) is 46.0 Å². The lowest BCUT2D eigenvalue weighted by molar-refractivity contribution is -0.100. The third kappa shape index (κ3) is 67.2. The van der Waals surface area contributed by atoms with Crippen LogP contribution in [0, 0.1) is 0 Å². The van der Waals surface area contributed by atoms with E-state index in [2.05, 4.69) is 145 Å². The Labute approximate surface area is 846 Å². The van der Waals surface area contributed by atoms with Crippen molar-refractivity contribution in [1.82, 2.24) is 0 Å². The largest absolute Gasteiger partial charge is 0.500 e. The molecule has 36 heteroatoms. The molecule has 0 bridgehead atoms. The number of aryl methyl sites for hydroxylation is 2. The van der Waals surface area contributed by atoms with Crippen LogP contribution < -0.4 is 37.9 Å². The number of hydrogen-bond acceptors (Lipinski definition) is 29. The summed E-state index contributed by atoms with van der Waals surface area (Å²) in [6.07, 6.45) is 12.1. The highest BCUT2D eigenvalue weighted by atomic mass is 28.5. The second kappa shape index (κ2) is 80.6. The Morgan fingerprint density at radius 2 is 0.630 bits per heavy atom. The van der Waals surface area contributed by atoms with Gasteiger partial charge in [0.15, 0.2) is 86.8 Å². The van der Waals surface area contributed by atoms with Crippen LogP contribution in [-0.4, -0.2) is 313 Å². The first-order valence-corrected chi connectivity index (χ1v) is 68.2. The molecular weight excluding hydrogens is 1890 g/mol. The van der Waals surface area contributed by atoms with E-state index in [1.54, 1.807) is 64.0 Å². The molecule has 4 aromatic carbocycles. The molecule has 0 N–H and O–H groups in total. The van der Waals surface area contributed by atoms with Crippen molar-refractivity contribution in [2.75, 3.05) is 216 Å². The van der Waals surface area contributed by atoms with Gasteiger partial charge in [0, 0.05) is 48.0 Å². The second-order valence-corrected chi connectivity index (χ2v) is 62.7. The smallest absolute Gasteiger partial charge is 0.493 e. The van der Waals surface area contributed by atoms with Gasteiger partial charge < -0.3 is 134 Å². The highest BCUT2D eigenvalue weighted by Crippen LogP contribution is 2.35. The maximum atomic E-state index is 6.76. The lowest BCUT2D eigenvalue weighted by atomic mass is 10.0. The van der Waals surface area contributed by atoms with Crippen LogP contribution in [0.15, 0.2) is 98.1 Å². The molecule has 0 aromatic heterocycles. The Balaban J connectivity index is -0.00000293. The van der Waals surface area contributed by atoms with Gasteiger partial charge in [0.1, 0.15) is 19.8 Å². The predicted octanol–water partition coefficient (Wildman–Crippen LogP) is 21.5. The van der Waals surface area contributed by atoms with Crippen LogP contribution >= 0.6 is 0 Å². The summed E-state index contributed by atoms with van der Waals surface area (Å²) in [4.78, 5) is 0. The summed E-state index contributed by atoms with van der Waals surface area (Å²) in [5.74, 6) is 5.27. The molecule has 0 heterocycles. The van der Waals surface area contributed by atoms with Gasteiger partial charge in [0.25, 0.3) is 0 Å². The summed E-state index contributed by atoms with van der Waals surface area (Å²) in [5, 5.41) is 0. The number of rotatable bonds is 82. The quantitative estimate of drug-likeness (QED) is 0.0172. The van der Waals surface area contributed by atoms with Crippen molar-refractivity contribution in [2.24, 2.45) is 0 Å². The van der Waals surface area contributed by atoms with Gasteiger partial charge in [0.2, 0.25) is 0 Å². The summed E-state index contributed by atoms with van der Waals surface area (Å²) in [6.45, 7) is 57.3. The molecule has 6 unspecified atom stereocenters. The zero-order valence-electron chi connectivity index (χ0n) is 87.5. The van der Waals surface area contributed by atoms with Crippen molar-refractivity contribution in [3.63, 3.8) is 0 Å². The topological polar surface area (TPSA) is 268 Å². The fourth-order valence-electron chi connectivity index (χ4n) is 14.7. The van der Waals surface area contributed by atoms with Crippen LogP contribution in [-0.2, 0) is 122 Å². The van der Waals surface area contributed by atoms with Crippen LogP contribution in [0.2, 0.25) is 104 Å². The van der Waals surface area contributed by atoms with Crippen molar-refractivity contribution >= 4 is 59.9 Å². The molecule has 0 saturated carbocycles. The van der Waals surface area contributed by atoms with Gasteiger partial charge in [-0.2, -0.15) is 0 Å². The van der Waals surface area contributed by atoms with Crippen LogP contribution in [0.5, 0.6) is 46.0 Å². The fraction of sp³-hybridized carbons (Fsp3) is 0.725. The number of methoxy groups -OCH3 is 6. The number of ether oxygens (including phenoxy) is 22. The summed E-state index contributed by atoms with van der Waals surface area (Å²) < 4.78 is 171. The molecule has 138 heavy (non-hydrogen) atoms. The minimum atomic E-state index is -2.70. The van der Waals surface area contributed by atoms with E-state index in [-0.39, 0.29) is 73.1 Å². The molecular formula is C102H196O29Si7. The van der Waals surface area contributed by atoms with E-state index in [1.807, 2.05) is 72.8 Å². The fourth-order valence-corrected chi connectivity index (χ4v) is 40.7. The minimum absolute atomic E-state index is 0. The van der Waals surface area contributed by atoms with Gasteiger partial charge in [-0.05, 0) is 253 Å². The number of allylic oxidation sites excluding steroid dienone is 2. The Morgan fingerprint density at radius 3 is 0.993 bits per heavy atom. The molecule has 4 aromatic rings. The first kappa shape index (κ1) is 138. The molecule has 806 valence electrons. The highest BCUT2D eigenvalue weighted by molar-refractivity contribution is 6.87. The van der Waals surface area contributed by atoms with E-state index < -0.39 is 59.9 Å². The van der Waals surface area contributed by atoms with E-state index in [0.717, 1.165) is 92.0 Å². The summed E-state index contributed by atoms with van der Waals surface area (Å²) >= 11 is 0. The Hall–Kier alpha value is -4.56. The first-order chi connectivity index (χ1) is 63.9. The molecule has 0 aliphatic carbocycles. The normalized spacial score (nSPS) is 13.1. The maximum Gasteiger partial charge on any atom is 0.500 e. The van der Waals surface area contributed by atoms with Gasteiger partial charge in [-0.25, -0.2) is 0 Å². The Morgan fingerprint density at radius 1 is 0.326 bits per heavy atom. The van der Waals surface area contributed by atoms with Crippen LogP contribution in [0.1, 0.15) is 131 Å². The average molecular weight is 2080 g/mol. The third-order valence-electron chi connectivity index (χ3n) is 20.3. The van der Waals surface area contributed by atoms with E-state index >= 15 is 0 Å². The first-order valence-electron chi connectivity index (χ1n) is 47.9. The average Bonchev–Trinajstić information content (AvgIpc) is 0.838. The van der Waals surface area contributed by atoms with E-state index in [1.165, 1.54) is 5.56 Å². The van der Waals surface area contributed by atoms with Gasteiger partial charge in [0.05, 0.1) is 191 Å². The molecule has 0 aliphatic rings. The third-order valence-corrected chi connectivity index (χ3v) is 41.9. The van der Waals surface area contributed by atoms with Crippen LogP contribution in [0.3, 0.4) is 0 Å². The Kier molecular flexibility index (Phi) is 80.4. The van der Waals surface area contributed by atoms with E-state index in [9.17, 15) is 0 Å². The van der Waals surface area contributed by atoms with Gasteiger partial charge in [-0.15, -0.1) is 13.2 Å². The van der Waals surface area contributed by atoms with Gasteiger partial charge >= 0.3 is 25.9 Å². The highest BCUT2D eigenvalue weighted by Gasteiger charge is 2.39. The second-order valence-electron chi connectivity index (χ2n) is 36.0. The number of hydrogen-bond donors (Lipinski definition) is 0. The lowest BCUT2D eigenvalue weighted by Gasteiger charge is -2.37. The van der Waals surface area contributed by atoms with Crippen molar-refractivity contribution in [3.05, 3.63) is 120 Å². The van der Waals surface area contributed by atoms with Crippen LogP contribution in [0.25, 0.3) is 0 Å². The van der Waals surface area contributed by atoms with Gasteiger partial charge in [-0.1, -0.05) is 80.0 Å². The molecule has 0 aliphatic heterocycles. The molecule has 0 fully saturated rings. The summed E-state index contributed by atoms with van der Waals surface area (Å²) in [7, 11) is 2.15. The maximum absolute atomic E-state index is 6.76. The standard InChI is InChI=1S/C64H112O19Si4.C27H46O8.C7H22O2Si3.4CH4/c1-18-22-53-25-28-59(62(46-53)66-5)79-42-40-76-56(19-2)49-58(80-51-81-61-30-27-55(48-64(61)68-7)24-21-44-87(69-8,70-9)71-10)50-57(77-38-37-74-36-35-73-34-33-72-32-31-65-4)45-52(3)75-39-41-78-60-29-26-54(47-63(60)67-6)23-20-43-85(14,15)83-86(16,17)82-84(11,12)13;1-6-8-24-9-10-26(27(22-24)29-5)35-20-19-34-25(7-2)21-23(3)33-18-17-32-16-15-31-14-13-30-12-11-28-4;1-10(2)8-12(6,7)9-11(3,4)5;;;;/h18,25-30,46-48,52,56-58H,1,19-24,31-45,49-51H2,2-17H3;6,9-10,22-23,25H,1,7-8,11-21H2,2-5H3;10H,1-7H3;4*1H4. The molecule has 0 saturated heterocycles. The monoisotopic (exact) mass is 2080 g/mol. The van der Waals surface area contributed by atoms with Crippen molar-refractivity contribution in [2.45, 2.75) is 275 Å². The van der Waals surface area contributed by atoms with Crippen LogP contribution in [0.4, 0.5) is 0 Å². The summed E-state index contributed by atoms with van der Waals surface area (Å²) in [6, 6.07) is 25.7. The number of benzene rings is 4. The molecule has 0 spiro atoms. The minimum Gasteiger partial charge on any atom is -0.493 e. The zero-order valence-corrected chi connectivity index (χ0v) is 94.7. The van der Waals surface area contributed by atoms with E-state index in [0.29, 0.717) is 205 Å². The summed E-state index contributed by atoms with van der Waals surface area (Å²) in [5.41, 5.74) is 4.50. The molecule has 4 rings (SSSR count). The molecule has 29 nitrogen and oxygen atoms in total.